The molecule has 6 heteroatoms. The van der Waals surface area contributed by atoms with Gasteiger partial charge in [-0.15, -0.1) is 11.3 Å². The molecule has 2 aromatic carbocycles. The predicted molar refractivity (Wildman–Crippen MR) is 88.0 cm³/mol. The van der Waals surface area contributed by atoms with Crippen LogP contribution in [0.25, 0.3) is 32.2 Å². The summed E-state index contributed by atoms with van der Waals surface area (Å²) in [5.74, 6) is 0.565. The normalized spacial score (nSPS) is 11.5. The van der Waals surface area contributed by atoms with Gasteiger partial charge in [-0.3, -0.25) is 0 Å². The standard InChI is InChI=1S/C14H6Br2N2OS/c15-7-1-3-11-9(5-7)17-13(19-11)14-18-10-6-8(16)2-4-12(10)20-14/h1-6H. The van der Waals surface area contributed by atoms with E-state index in [0.717, 1.165) is 35.3 Å². The third-order valence-electron chi connectivity index (χ3n) is 2.88. The Balaban J connectivity index is 1.91. The van der Waals surface area contributed by atoms with Crippen molar-refractivity contribution in [3.8, 4) is 10.9 Å². The van der Waals surface area contributed by atoms with Gasteiger partial charge in [0.1, 0.15) is 5.52 Å². The van der Waals surface area contributed by atoms with Crippen LogP contribution in [0.3, 0.4) is 0 Å². The molecule has 0 saturated heterocycles. The van der Waals surface area contributed by atoms with Crippen molar-refractivity contribution in [2.24, 2.45) is 0 Å². The molecule has 0 unspecified atom stereocenters. The quantitative estimate of drug-likeness (QED) is 0.409. The molecule has 0 atom stereocenters. The second-order valence-electron chi connectivity index (χ2n) is 4.26. The summed E-state index contributed by atoms with van der Waals surface area (Å²) < 4.78 is 8.89. The Morgan fingerprint density at radius 2 is 1.65 bits per heavy atom. The van der Waals surface area contributed by atoms with Crippen LogP contribution in [0.5, 0.6) is 0 Å². The smallest absolute Gasteiger partial charge is 0.256 e. The number of benzene rings is 2. The van der Waals surface area contributed by atoms with E-state index in [2.05, 4.69) is 41.8 Å². The molecule has 0 bridgehead atoms. The highest BCUT2D eigenvalue weighted by molar-refractivity contribution is 9.10. The number of thiazole rings is 1. The fourth-order valence-electron chi connectivity index (χ4n) is 1.98. The summed E-state index contributed by atoms with van der Waals surface area (Å²) in [5, 5.41) is 0.797. The van der Waals surface area contributed by atoms with Crippen molar-refractivity contribution in [3.63, 3.8) is 0 Å². The van der Waals surface area contributed by atoms with E-state index in [-0.39, 0.29) is 0 Å². The molecule has 20 heavy (non-hydrogen) atoms. The van der Waals surface area contributed by atoms with E-state index in [1.165, 1.54) is 0 Å². The SMILES string of the molecule is Brc1ccc2oc(-c3nc4cc(Br)ccc4s3)nc2c1. The highest BCUT2D eigenvalue weighted by Gasteiger charge is 2.13. The van der Waals surface area contributed by atoms with Crippen molar-refractivity contribution in [2.75, 3.05) is 0 Å². The molecule has 2 aromatic heterocycles. The van der Waals surface area contributed by atoms with Crippen molar-refractivity contribution in [1.82, 2.24) is 9.97 Å². The fourth-order valence-corrected chi connectivity index (χ4v) is 3.55. The van der Waals surface area contributed by atoms with Crippen LogP contribution in [-0.4, -0.2) is 9.97 Å². The Morgan fingerprint density at radius 1 is 0.900 bits per heavy atom. The summed E-state index contributed by atoms with van der Waals surface area (Å²) in [6.07, 6.45) is 0. The van der Waals surface area contributed by atoms with Crippen LogP contribution >= 0.6 is 43.2 Å². The summed E-state index contributed by atoms with van der Waals surface area (Å²) >= 11 is 8.47. The van der Waals surface area contributed by atoms with E-state index < -0.39 is 0 Å². The van der Waals surface area contributed by atoms with Gasteiger partial charge in [0.15, 0.2) is 10.6 Å². The van der Waals surface area contributed by atoms with Crippen LogP contribution in [0.1, 0.15) is 0 Å². The second kappa shape index (κ2) is 4.65. The zero-order valence-electron chi connectivity index (χ0n) is 9.93. The van der Waals surface area contributed by atoms with Gasteiger partial charge in [0, 0.05) is 8.95 Å². The predicted octanol–water partition coefficient (Wildman–Crippen LogP) is 5.63. The molecular formula is C14H6Br2N2OS. The van der Waals surface area contributed by atoms with Gasteiger partial charge in [-0.05, 0) is 36.4 Å². The number of halogens is 2. The van der Waals surface area contributed by atoms with Gasteiger partial charge in [-0.2, -0.15) is 0 Å². The zero-order chi connectivity index (χ0) is 13.7. The molecule has 4 aromatic rings. The Bertz CT molecular complexity index is 867. The Morgan fingerprint density at radius 3 is 2.50 bits per heavy atom. The summed E-state index contributed by atoms with van der Waals surface area (Å²) in [7, 11) is 0. The summed E-state index contributed by atoms with van der Waals surface area (Å²) in [6.45, 7) is 0. The summed E-state index contributed by atoms with van der Waals surface area (Å²) in [4.78, 5) is 9.08. The van der Waals surface area contributed by atoms with Crippen molar-refractivity contribution >= 4 is 64.5 Å². The Labute approximate surface area is 134 Å². The number of oxazole rings is 1. The molecule has 0 N–H and O–H groups in total. The van der Waals surface area contributed by atoms with E-state index >= 15 is 0 Å². The van der Waals surface area contributed by atoms with E-state index in [1.54, 1.807) is 11.3 Å². The Kier molecular flexibility index (Phi) is 2.90. The van der Waals surface area contributed by atoms with Crippen LogP contribution in [0.2, 0.25) is 0 Å². The van der Waals surface area contributed by atoms with Crippen molar-refractivity contribution < 1.29 is 4.42 Å². The first-order valence-corrected chi connectivity index (χ1v) is 8.22. The van der Waals surface area contributed by atoms with E-state index in [4.69, 9.17) is 4.42 Å². The van der Waals surface area contributed by atoms with Gasteiger partial charge < -0.3 is 4.42 Å². The van der Waals surface area contributed by atoms with Crippen LogP contribution in [0, 0.1) is 0 Å². The maximum atomic E-state index is 5.77. The first-order valence-electron chi connectivity index (χ1n) is 5.81. The van der Waals surface area contributed by atoms with Crippen molar-refractivity contribution in [3.05, 3.63) is 45.3 Å². The van der Waals surface area contributed by atoms with Gasteiger partial charge >= 0.3 is 0 Å². The lowest BCUT2D eigenvalue weighted by Crippen LogP contribution is -1.74. The topological polar surface area (TPSA) is 38.9 Å². The zero-order valence-corrected chi connectivity index (χ0v) is 13.9. The van der Waals surface area contributed by atoms with Gasteiger partial charge in [0.2, 0.25) is 0 Å². The molecule has 0 aliphatic rings. The van der Waals surface area contributed by atoms with Crippen LogP contribution in [-0.2, 0) is 0 Å². The number of nitrogens with zero attached hydrogens (tertiary/aromatic N) is 2. The van der Waals surface area contributed by atoms with E-state index in [1.807, 2.05) is 36.4 Å². The second-order valence-corrected chi connectivity index (χ2v) is 7.12. The van der Waals surface area contributed by atoms with E-state index in [0.29, 0.717) is 5.89 Å². The lowest BCUT2D eigenvalue weighted by atomic mass is 10.3. The highest BCUT2D eigenvalue weighted by atomic mass is 79.9. The van der Waals surface area contributed by atoms with Gasteiger partial charge in [-0.25, -0.2) is 9.97 Å². The monoisotopic (exact) mass is 408 g/mol. The number of aromatic nitrogens is 2. The average molecular weight is 410 g/mol. The highest BCUT2D eigenvalue weighted by Crippen LogP contribution is 2.33. The molecule has 0 saturated carbocycles. The lowest BCUT2D eigenvalue weighted by Gasteiger charge is -1.87. The molecule has 3 nitrogen and oxygen atoms in total. The number of rotatable bonds is 1. The molecule has 0 amide bonds. The van der Waals surface area contributed by atoms with Crippen molar-refractivity contribution in [1.29, 1.82) is 0 Å². The van der Waals surface area contributed by atoms with Gasteiger partial charge in [0.05, 0.1) is 10.2 Å². The molecule has 0 aliphatic carbocycles. The molecular weight excluding hydrogens is 404 g/mol. The Hall–Kier alpha value is -1.24. The molecule has 2 heterocycles. The van der Waals surface area contributed by atoms with Crippen molar-refractivity contribution in [2.45, 2.75) is 0 Å². The van der Waals surface area contributed by atoms with Crippen LogP contribution < -0.4 is 0 Å². The summed E-state index contributed by atoms with van der Waals surface area (Å²) in [5.41, 5.74) is 2.54. The molecule has 0 fully saturated rings. The van der Waals surface area contributed by atoms with Crippen LogP contribution in [0.4, 0.5) is 0 Å². The molecule has 98 valence electrons. The number of hydrogen-bond acceptors (Lipinski definition) is 4. The number of fused-ring (bicyclic) bond motifs is 2. The maximum absolute atomic E-state index is 5.77. The molecule has 0 radical (unpaired) electrons. The van der Waals surface area contributed by atoms with Gasteiger partial charge in [0.25, 0.3) is 5.89 Å². The largest absolute Gasteiger partial charge is 0.434 e. The minimum Gasteiger partial charge on any atom is -0.434 e. The maximum Gasteiger partial charge on any atom is 0.256 e. The summed E-state index contributed by atoms with van der Waals surface area (Å²) in [6, 6.07) is 11.8. The fraction of sp³-hybridized carbons (Fsp3) is 0. The average Bonchev–Trinajstić information content (AvgIpc) is 3.00. The molecule has 0 aliphatic heterocycles. The third-order valence-corrected chi connectivity index (χ3v) is 4.89. The first-order chi connectivity index (χ1) is 9.69. The first kappa shape index (κ1) is 12.5. The minimum atomic E-state index is 0.565. The number of hydrogen-bond donors (Lipinski definition) is 0. The lowest BCUT2D eigenvalue weighted by molar-refractivity contribution is 0.619. The van der Waals surface area contributed by atoms with Gasteiger partial charge in [-0.1, -0.05) is 31.9 Å². The van der Waals surface area contributed by atoms with E-state index in [9.17, 15) is 0 Å². The molecule has 4 rings (SSSR count). The minimum absolute atomic E-state index is 0.565. The molecule has 0 spiro atoms. The third kappa shape index (κ3) is 2.08. The van der Waals surface area contributed by atoms with Crippen LogP contribution in [0.15, 0.2) is 49.8 Å².